The maximum atomic E-state index is 12.2. The topological polar surface area (TPSA) is 125 Å². The first kappa shape index (κ1) is 16.2. The van der Waals surface area contributed by atoms with Crippen LogP contribution in [0, 0.1) is 0 Å². The fraction of sp³-hybridized carbons (Fsp3) is 0.312. The molecule has 0 unspecified atom stereocenters. The quantitative estimate of drug-likeness (QED) is 0.733. The first-order valence-corrected chi connectivity index (χ1v) is 7.69. The molecule has 1 aromatic carbocycles. The van der Waals surface area contributed by atoms with E-state index in [2.05, 4.69) is 10.4 Å². The summed E-state index contributed by atoms with van der Waals surface area (Å²) in [4.78, 5) is 23.2. The lowest BCUT2D eigenvalue weighted by Crippen LogP contribution is -2.29. The molecule has 0 saturated carbocycles. The van der Waals surface area contributed by atoms with Crippen LogP contribution >= 0.6 is 0 Å². The molecule has 0 radical (unpaired) electrons. The number of aromatic nitrogens is 2. The van der Waals surface area contributed by atoms with Crippen molar-refractivity contribution in [2.75, 3.05) is 11.9 Å². The maximum Gasteiger partial charge on any atom is 0.269 e. The molecule has 1 aromatic heterocycles. The van der Waals surface area contributed by atoms with Crippen LogP contribution in [0.2, 0.25) is 0 Å². The van der Waals surface area contributed by atoms with E-state index in [1.165, 1.54) is 4.68 Å². The van der Waals surface area contributed by atoms with Gasteiger partial charge in [0, 0.05) is 18.4 Å². The number of nitrogens with one attached hydrogen (secondary N) is 1. The zero-order chi connectivity index (χ0) is 17.1. The van der Waals surface area contributed by atoms with E-state index in [4.69, 9.17) is 16.2 Å². The van der Waals surface area contributed by atoms with Crippen molar-refractivity contribution in [1.29, 1.82) is 0 Å². The summed E-state index contributed by atoms with van der Waals surface area (Å²) in [5, 5.41) is 6.90. The molecule has 24 heavy (non-hydrogen) atoms. The van der Waals surface area contributed by atoms with Gasteiger partial charge in [0.2, 0.25) is 0 Å². The van der Waals surface area contributed by atoms with Crippen molar-refractivity contribution in [3.05, 3.63) is 42.2 Å². The molecule has 126 valence electrons. The number of benzene rings is 1. The molecule has 1 aliphatic rings. The standard InChI is InChI=1S/C16H19N5O3/c17-9-12-5-6-14(24-12)16(23)19-10-1-3-11(4-2-10)21-8-7-13(20-21)15(18)22/h1-4,7-8,12,14H,5-6,9,17H2,(H2,18,22)(H,19,23)/t12-,14+/m1/s1. The van der Waals surface area contributed by atoms with E-state index in [9.17, 15) is 9.59 Å². The molecule has 8 heteroatoms. The van der Waals surface area contributed by atoms with Gasteiger partial charge in [0.05, 0.1) is 11.8 Å². The van der Waals surface area contributed by atoms with Crippen LogP contribution in [0.3, 0.4) is 0 Å². The highest BCUT2D eigenvalue weighted by Gasteiger charge is 2.29. The Balaban J connectivity index is 1.64. The van der Waals surface area contributed by atoms with Crippen LogP contribution in [0.25, 0.3) is 5.69 Å². The van der Waals surface area contributed by atoms with Crippen molar-refractivity contribution < 1.29 is 14.3 Å². The minimum absolute atomic E-state index is 0.0395. The Morgan fingerprint density at radius 3 is 2.58 bits per heavy atom. The summed E-state index contributed by atoms with van der Waals surface area (Å²) in [5.74, 6) is -0.751. The van der Waals surface area contributed by atoms with Crippen molar-refractivity contribution in [1.82, 2.24) is 9.78 Å². The van der Waals surface area contributed by atoms with Gasteiger partial charge in [-0.25, -0.2) is 4.68 Å². The Labute approximate surface area is 138 Å². The van der Waals surface area contributed by atoms with Crippen LogP contribution in [0.15, 0.2) is 36.5 Å². The van der Waals surface area contributed by atoms with E-state index in [-0.39, 0.29) is 17.7 Å². The molecule has 1 saturated heterocycles. The summed E-state index contributed by atoms with van der Waals surface area (Å²) in [6.07, 6.45) is 2.63. The number of ether oxygens (including phenoxy) is 1. The number of primary amides is 1. The Hall–Kier alpha value is -2.71. The molecule has 1 fully saturated rings. The van der Waals surface area contributed by atoms with Crippen molar-refractivity contribution in [3.63, 3.8) is 0 Å². The number of rotatable bonds is 5. The first-order valence-electron chi connectivity index (χ1n) is 7.69. The molecule has 2 heterocycles. The molecule has 8 nitrogen and oxygen atoms in total. The van der Waals surface area contributed by atoms with Gasteiger partial charge in [-0.15, -0.1) is 0 Å². The average Bonchev–Trinajstić information content (AvgIpc) is 3.25. The predicted molar refractivity (Wildman–Crippen MR) is 87.7 cm³/mol. The van der Waals surface area contributed by atoms with Crippen LogP contribution < -0.4 is 16.8 Å². The van der Waals surface area contributed by atoms with Crippen LogP contribution in [0.1, 0.15) is 23.3 Å². The van der Waals surface area contributed by atoms with Gasteiger partial charge in [0.1, 0.15) is 11.8 Å². The van der Waals surface area contributed by atoms with E-state index >= 15 is 0 Å². The summed E-state index contributed by atoms with van der Waals surface area (Å²) in [5.41, 5.74) is 12.3. The van der Waals surface area contributed by atoms with Crippen molar-refractivity contribution in [3.8, 4) is 5.69 Å². The monoisotopic (exact) mass is 329 g/mol. The SMILES string of the molecule is NC[C@H]1CC[C@@H](C(=O)Nc2ccc(-n3ccc(C(N)=O)n3)cc2)O1. The molecule has 0 bridgehead atoms. The lowest BCUT2D eigenvalue weighted by Gasteiger charge is -2.13. The van der Waals surface area contributed by atoms with Gasteiger partial charge in [0.25, 0.3) is 11.8 Å². The first-order chi connectivity index (χ1) is 11.6. The Morgan fingerprint density at radius 2 is 2.00 bits per heavy atom. The largest absolute Gasteiger partial charge is 0.364 e. The van der Waals surface area contributed by atoms with E-state index in [0.29, 0.717) is 18.7 Å². The predicted octanol–water partition coefficient (Wildman–Crippen LogP) is 0.416. The molecule has 0 spiro atoms. The average molecular weight is 329 g/mol. The zero-order valence-electron chi connectivity index (χ0n) is 13.0. The van der Waals surface area contributed by atoms with Crippen LogP contribution in [-0.2, 0) is 9.53 Å². The summed E-state index contributed by atoms with van der Waals surface area (Å²) >= 11 is 0. The minimum atomic E-state index is -0.579. The van der Waals surface area contributed by atoms with Gasteiger partial charge in [-0.05, 0) is 43.2 Å². The van der Waals surface area contributed by atoms with Crippen LogP contribution in [0.5, 0.6) is 0 Å². The van der Waals surface area contributed by atoms with Crippen LogP contribution in [0.4, 0.5) is 5.69 Å². The van der Waals surface area contributed by atoms with Crippen molar-refractivity contribution in [2.24, 2.45) is 11.5 Å². The van der Waals surface area contributed by atoms with E-state index in [1.807, 2.05) is 0 Å². The fourth-order valence-electron chi connectivity index (χ4n) is 2.59. The lowest BCUT2D eigenvalue weighted by atomic mass is 10.2. The van der Waals surface area contributed by atoms with Crippen molar-refractivity contribution in [2.45, 2.75) is 25.0 Å². The number of carbonyl (C=O) groups excluding carboxylic acids is 2. The fourth-order valence-corrected chi connectivity index (χ4v) is 2.59. The third-order valence-corrected chi connectivity index (χ3v) is 3.90. The molecule has 2 amide bonds. The summed E-state index contributed by atoms with van der Waals surface area (Å²) in [6, 6.07) is 8.63. The second kappa shape index (κ2) is 6.81. The molecule has 2 atom stereocenters. The second-order valence-corrected chi connectivity index (χ2v) is 5.61. The molecule has 3 rings (SSSR count). The highest BCUT2D eigenvalue weighted by molar-refractivity contribution is 5.94. The van der Waals surface area contributed by atoms with Gasteiger partial charge < -0.3 is 21.5 Å². The molecular weight excluding hydrogens is 310 g/mol. The summed E-state index contributed by atoms with van der Waals surface area (Å²) in [6.45, 7) is 0.426. The third-order valence-electron chi connectivity index (χ3n) is 3.90. The number of nitrogens with two attached hydrogens (primary N) is 2. The van der Waals surface area contributed by atoms with E-state index in [0.717, 1.165) is 12.1 Å². The number of amides is 2. The second-order valence-electron chi connectivity index (χ2n) is 5.61. The Kier molecular flexibility index (Phi) is 4.59. The summed E-state index contributed by atoms with van der Waals surface area (Å²) in [7, 11) is 0. The smallest absolute Gasteiger partial charge is 0.269 e. The van der Waals surface area contributed by atoms with Gasteiger partial charge in [-0.3, -0.25) is 9.59 Å². The van der Waals surface area contributed by atoms with Gasteiger partial charge in [-0.2, -0.15) is 5.10 Å². The highest BCUT2D eigenvalue weighted by Crippen LogP contribution is 2.21. The number of hydrogen-bond acceptors (Lipinski definition) is 5. The third kappa shape index (κ3) is 3.44. The Bertz CT molecular complexity index is 740. The molecule has 5 N–H and O–H groups in total. The number of hydrogen-bond donors (Lipinski definition) is 3. The Morgan fingerprint density at radius 1 is 1.25 bits per heavy atom. The minimum Gasteiger partial charge on any atom is -0.364 e. The number of anilines is 1. The molecule has 1 aliphatic heterocycles. The molecule has 2 aromatic rings. The van der Waals surface area contributed by atoms with Crippen LogP contribution in [-0.4, -0.2) is 40.3 Å². The molecular formula is C16H19N5O3. The van der Waals surface area contributed by atoms with E-state index in [1.54, 1.807) is 36.5 Å². The maximum absolute atomic E-state index is 12.2. The van der Waals surface area contributed by atoms with Gasteiger partial charge >= 0.3 is 0 Å². The zero-order valence-corrected chi connectivity index (χ0v) is 13.0. The molecule has 0 aliphatic carbocycles. The number of nitrogens with zero attached hydrogens (tertiary/aromatic N) is 2. The lowest BCUT2D eigenvalue weighted by molar-refractivity contribution is -0.126. The normalized spacial score (nSPS) is 20.0. The summed E-state index contributed by atoms with van der Waals surface area (Å²) < 4.78 is 7.11. The van der Waals surface area contributed by atoms with Gasteiger partial charge in [0.15, 0.2) is 0 Å². The van der Waals surface area contributed by atoms with Crippen molar-refractivity contribution >= 4 is 17.5 Å². The van der Waals surface area contributed by atoms with E-state index < -0.39 is 12.0 Å². The highest BCUT2D eigenvalue weighted by atomic mass is 16.5. The number of carbonyl (C=O) groups is 2. The van der Waals surface area contributed by atoms with Gasteiger partial charge in [-0.1, -0.05) is 0 Å².